The monoisotopic (exact) mass is 285 g/mol. The molecule has 11 heteroatoms. The van der Waals surface area contributed by atoms with Crippen molar-refractivity contribution in [2.24, 2.45) is 9.39 Å². The summed E-state index contributed by atoms with van der Waals surface area (Å²) in [6, 6.07) is -0.438. The average molecular weight is 285 g/mol. The average Bonchev–Trinajstić information content (AvgIpc) is 2.31. The number of rotatable bonds is 3. The molecule has 0 atom stereocenters. The zero-order valence-corrected chi connectivity index (χ0v) is 11.4. The van der Waals surface area contributed by atoms with Crippen LogP contribution in [0.25, 0.3) is 0 Å². The summed E-state index contributed by atoms with van der Waals surface area (Å²) >= 11 is 0. The molecular weight excluding hydrogens is 273 g/mol. The van der Waals surface area contributed by atoms with Crippen LogP contribution in [0.15, 0.2) is 9.39 Å². The van der Waals surface area contributed by atoms with Crippen LogP contribution in [-0.4, -0.2) is 52.7 Å². The standard InChI is InChI=1S/C6H12N3O6PS/c1-9-6(16(10,14-3)15-4)7-5(13-2)8-17(9,11)12/h1-4H3. The van der Waals surface area contributed by atoms with E-state index in [4.69, 9.17) is 0 Å². The van der Waals surface area contributed by atoms with Gasteiger partial charge in [-0.2, -0.15) is 13.4 Å². The van der Waals surface area contributed by atoms with Gasteiger partial charge in [0.05, 0.1) is 7.11 Å². The third-order valence-corrected chi connectivity index (χ3v) is 5.16. The Morgan fingerprint density at radius 1 is 1.24 bits per heavy atom. The van der Waals surface area contributed by atoms with Crippen LogP contribution < -0.4 is 0 Å². The summed E-state index contributed by atoms with van der Waals surface area (Å²) in [6.45, 7) is 0. The van der Waals surface area contributed by atoms with Crippen molar-refractivity contribution in [3.05, 3.63) is 0 Å². The molecule has 0 aliphatic carbocycles. The molecule has 0 unspecified atom stereocenters. The Kier molecular flexibility index (Phi) is 3.92. The molecule has 1 aliphatic rings. The van der Waals surface area contributed by atoms with Crippen LogP contribution in [0.5, 0.6) is 0 Å². The molecule has 0 spiro atoms. The van der Waals surface area contributed by atoms with Crippen molar-refractivity contribution >= 4 is 29.4 Å². The Bertz CT molecular complexity index is 504. The minimum Gasteiger partial charge on any atom is -0.466 e. The molecular formula is C6H12N3O6PS. The summed E-state index contributed by atoms with van der Waals surface area (Å²) in [7, 11) is -3.30. The Balaban J connectivity index is 3.38. The zero-order valence-electron chi connectivity index (χ0n) is 9.65. The third kappa shape index (κ3) is 2.49. The van der Waals surface area contributed by atoms with E-state index in [1.54, 1.807) is 0 Å². The van der Waals surface area contributed by atoms with E-state index in [0.29, 0.717) is 4.31 Å². The summed E-state index contributed by atoms with van der Waals surface area (Å²) in [4.78, 5) is 3.67. The van der Waals surface area contributed by atoms with Gasteiger partial charge in [-0.25, -0.2) is 4.31 Å². The highest BCUT2D eigenvalue weighted by Crippen LogP contribution is 2.50. The number of nitrogens with zero attached hydrogens (tertiary/aromatic N) is 3. The number of methoxy groups -OCH3 is 1. The Hall–Kier alpha value is -0.960. The Labute approximate surface area is 98.8 Å². The lowest BCUT2D eigenvalue weighted by Gasteiger charge is -2.25. The van der Waals surface area contributed by atoms with Gasteiger partial charge in [0.15, 0.2) is 0 Å². The molecule has 1 heterocycles. The predicted molar refractivity (Wildman–Crippen MR) is 60.2 cm³/mol. The highest BCUT2D eigenvalue weighted by Gasteiger charge is 2.41. The summed E-state index contributed by atoms with van der Waals surface area (Å²) in [5, 5.41) is 0. The van der Waals surface area contributed by atoms with Crippen molar-refractivity contribution < 1.29 is 26.8 Å². The maximum Gasteiger partial charge on any atom is 0.396 e. The van der Waals surface area contributed by atoms with E-state index in [9.17, 15) is 13.0 Å². The molecule has 0 saturated carbocycles. The summed E-state index contributed by atoms with van der Waals surface area (Å²) in [6.07, 6.45) is 0. The fourth-order valence-corrected chi connectivity index (χ4v) is 3.31. The first kappa shape index (κ1) is 14.1. The molecule has 0 saturated heterocycles. The second-order valence-corrected chi connectivity index (χ2v) is 6.55. The molecule has 1 rings (SSSR count). The Morgan fingerprint density at radius 2 is 1.76 bits per heavy atom. The molecule has 0 aromatic heterocycles. The van der Waals surface area contributed by atoms with Gasteiger partial charge in [-0.05, 0) is 0 Å². The van der Waals surface area contributed by atoms with Crippen molar-refractivity contribution in [1.82, 2.24) is 4.31 Å². The summed E-state index contributed by atoms with van der Waals surface area (Å²) < 4.78 is 53.0. The number of amidine groups is 2. The number of hydrogen-bond acceptors (Lipinski definition) is 7. The van der Waals surface area contributed by atoms with E-state index < -0.39 is 29.4 Å². The molecule has 17 heavy (non-hydrogen) atoms. The van der Waals surface area contributed by atoms with Crippen LogP contribution in [0.2, 0.25) is 0 Å². The predicted octanol–water partition coefficient (Wildman–Crippen LogP) is 0.0209. The maximum atomic E-state index is 12.1. The second kappa shape index (κ2) is 4.73. The van der Waals surface area contributed by atoms with E-state index in [1.165, 1.54) is 7.11 Å². The van der Waals surface area contributed by atoms with Crippen LogP contribution in [0.3, 0.4) is 0 Å². The normalized spacial score (nSPS) is 19.6. The molecule has 0 aromatic rings. The number of ether oxygens (including phenoxy) is 1. The molecule has 0 radical (unpaired) electrons. The van der Waals surface area contributed by atoms with Crippen LogP contribution in [0.1, 0.15) is 0 Å². The van der Waals surface area contributed by atoms with Crippen molar-refractivity contribution in [2.45, 2.75) is 0 Å². The van der Waals surface area contributed by atoms with E-state index in [2.05, 4.69) is 23.2 Å². The topological polar surface area (TPSA) is 107 Å². The van der Waals surface area contributed by atoms with Crippen LogP contribution >= 0.6 is 7.60 Å². The molecule has 0 fully saturated rings. The SMILES string of the molecule is COC1=NS(=O)(=O)N(C)C(P(=O)(OC)OC)=N1. The number of hydrogen-bond donors (Lipinski definition) is 0. The van der Waals surface area contributed by atoms with Crippen LogP contribution in [0.4, 0.5) is 0 Å². The van der Waals surface area contributed by atoms with Gasteiger partial charge in [-0.15, -0.1) is 0 Å². The molecule has 0 N–H and O–H groups in total. The van der Waals surface area contributed by atoms with Gasteiger partial charge in [0.25, 0.3) is 0 Å². The van der Waals surface area contributed by atoms with Gasteiger partial charge in [0.1, 0.15) is 0 Å². The van der Waals surface area contributed by atoms with Crippen molar-refractivity contribution in [3.63, 3.8) is 0 Å². The van der Waals surface area contributed by atoms with E-state index in [1.807, 2.05) is 0 Å². The number of aliphatic imine (C=N–C) groups is 1. The van der Waals surface area contributed by atoms with E-state index in [0.717, 1.165) is 21.3 Å². The fourth-order valence-electron chi connectivity index (χ4n) is 0.994. The molecule has 0 bridgehead atoms. The van der Waals surface area contributed by atoms with E-state index >= 15 is 0 Å². The zero-order chi connectivity index (χ0) is 13.3. The van der Waals surface area contributed by atoms with Gasteiger partial charge in [-0.1, -0.05) is 4.40 Å². The van der Waals surface area contributed by atoms with Crippen molar-refractivity contribution in [3.8, 4) is 0 Å². The maximum absolute atomic E-state index is 12.1. The largest absolute Gasteiger partial charge is 0.466 e. The van der Waals surface area contributed by atoms with Gasteiger partial charge in [-0.3, -0.25) is 4.57 Å². The first-order valence-corrected chi connectivity index (χ1v) is 7.18. The molecule has 1 aliphatic heterocycles. The molecule has 98 valence electrons. The quantitative estimate of drug-likeness (QED) is 0.676. The molecule has 0 aromatic carbocycles. The summed E-state index contributed by atoms with van der Waals surface area (Å²) in [5.41, 5.74) is -0.408. The third-order valence-electron chi connectivity index (χ3n) is 1.93. The highest BCUT2D eigenvalue weighted by atomic mass is 32.2. The summed E-state index contributed by atoms with van der Waals surface area (Å²) in [5.74, 6) is 0. The fraction of sp³-hybridized carbons (Fsp3) is 0.667. The van der Waals surface area contributed by atoms with Gasteiger partial charge >= 0.3 is 23.8 Å². The smallest absolute Gasteiger partial charge is 0.396 e. The Morgan fingerprint density at radius 3 is 2.18 bits per heavy atom. The van der Waals surface area contributed by atoms with Crippen molar-refractivity contribution in [2.75, 3.05) is 28.4 Å². The molecule has 0 amide bonds. The lowest BCUT2D eigenvalue weighted by molar-refractivity contribution is 0.287. The first-order chi connectivity index (χ1) is 7.80. The highest BCUT2D eigenvalue weighted by molar-refractivity contribution is 7.90. The van der Waals surface area contributed by atoms with Gasteiger partial charge in [0.2, 0.25) is 5.58 Å². The first-order valence-electron chi connectivity index (χ1n) is 4.24. The van der Waals surface area contributed by atoms with Gasteiger partial charge < -0.3 is 13.8 Å². The van der Waals surface area contributed by atoms with E-state index in [-0.39, 0.29) is 0 Å². The van der Waals surface area contributed by atoms with Crippen LogP contribution in [0, 0.1) is 0 Å². The molecule has 9 nitrogen and oxygen atoms in total. The lowest BCUT2D eigenvalue weighted by atomic mass is 11.0. The lowest BCUT2D eigenvalue weighted by Crippen LogP contribution is -2.36. The van der Waals surface area contributed by atoms with Crippen molar-refractivity contribution in [1.29, 1.82) is 0 Å². The minimum absolute atomic E-state index is 0.408. The van der Waals surface area contributed by atoms with Crippen LogP contribution in [-0.2, 0) is 28.6 Å². The second-order valence-electron chi connectivity index (χ2n) is 2.80. The van der Waals surface area contributed by atoms with Gasteiger partial charge in [0, 0.05) is 21.3 Å². The minimum atomic E-state index is -4.04.